The standard InChI is InChI=1S/C24H27N3O2/c1-24(2)15-27(13-12-22(24)25)23(28)19-14-21(16-8-10-17(29-3)11-9-16)26-20-7-5-4-6-18(19)20/h4-11,14,22H,12-13,15,25H2,1-3H3. The normalized spacial score (nSPS) is 18.6. The van der Waals surface area contributed by atoms with Crippen LogP contribution in [-0.2, 0) is 0 Å². The first-order chi connectivity index (χ1) is 13.9. The lowest BCUT2D eigenvalue weighted by Crippen LogP contribution is -2.54. The lowest BCUT2D eigenvalue weighted by atomic mass is 9.79. The average molecular weight is 389 g/mol. The van der Waals surface area contributed by atoms with Gasteiger partial charge >= 0.3 is 0 Å². The van der Waals surface area contributed by atoms with Crippen LogP contribution in [-0.4, -0.2) is 42.0 Å². The first kappa shape index (κ1) is 19.4. The Hall–Kier alpha value is -2.92. The van der Waals surface area contributed by atoms with Crippen LogP contribution in [0.5, 0.6) is 5.75 Å². The van der Waals surface area contributed by atoms with Crippen molar-refractivity contribution in [3.8, 4) is 17.0 Å². The van der Waals surface area contributed by atoms with Crippen molar-refractivity contribution in [2.75, 3.05) is 20.2 Å². The molecule has 0 bridgehead atoms. The highest BCUT2D eigenvalue weighted by molar-refractivity contribution is 6.07. The number of benzene rings is 2. The summed E-state index contributed by atoms with van der Waals surface area (Å²) in [4.78, 5) is 20.3. The highest BCUT2D eigenvalue weighted by Gasteiger charge is 2.36. The number of pyridine rings is 1. The van der Waals surface area contributed by atoms with Crippen molar-refractivity contribution in [3.63, 3.8) is 0 Å². The molecule has 5 nitrogen and oxygen atoms in total. The maximum absolute atomic E-state index is 13.5. The van der Waals surface area contributed by atoms with Gasteiger partial charge in [-0.05, 0) is 48.2 Å². The predicted octanol–water partition coefficient (Wildman–Crippen LogP) is 4.11. The molecule has 0 saturated carbocycles. The van der Waals surface area contributed by atoms with Gasteiger partial charge < -0.3 is 15.4 Å². The molecule has 29 heavy (non-hydrogen) atoms. The zero-order valence-electron chi connectivity index (χ0n) is 17.2. The Labute approximate surface area is 171 Å². The van der Waals surface area contributed by atoms with Gasteiger partial charge in [0.15, 0.2) is 0 Å². The second-order valence-corrected chi connectivity index (χ2v) is 8.41. The van der Waals surface area contributed by atoms with E-state index < -0.39 is 0 Å². The molecule has 2 heterocycles. The summed E-state index contributed by atoms with van der Waals surface area (Å²) in [6.07, 6.45) is 0.813. The summed E-state index contributed by atoms with van der Waals surface area (Å²) in [5, 5.41) is 0.877. The molecule has 0 radical (unpaired) electrons. The highest BCUT2D eigenvalue weighted by Crippen LogP contribution is 2.31. The summed E-state index contributed by atoms with van der Waals surface area (Å²) in [7, 11) is 1.64. The van der Waals surface area contributed by atoms with Gasteiger partial charge in [0.25, 0.3) is 5.91 Å². The van der Waals surface area contributed by atoms with E-state index >= 15 is 0 Å². The number of amides is 1. The molecule has 1 aromatic heterocycles. The van der Waals surface area contributed by atoms with Crippen LogP contribution in [0.3, 0.4) is 0 Å². The van der Waals surface area contributed by atoms with E-state index in [0.29, 0.717) is 18.7 Å². The molecule has 1 saturated heterocycles. The van der Waals surface area contributed by atoms with Gasteiger partial charge in [-0.15, -0.1) is 0 Å². The molecule has 2 aromatic carbocycles. The van der Waals surface area contributed by atoms with Crippen LogP contribution < -0.4 is 10.5 Å². The number of hydrogen-bond acceptors (Lipinski definition) is 4. The van der Waals surface area contributed by atoms with Crippen molar-refractivity contribution < 1.29 is 9.53 Å². The molecule has 0 aliphatic carbocycles. The van der Waals surface area contributed by atoms with E-state index in [1.54, 1.807) is 7.11 Å². The third kappa shape index (κ3) is 3.70. The fourth-order valence-electron chi connectivity index (χ4n) is 3.98. The fraction of sp³-hybridized carbons (Fsp3) is 0.333. The number of piperidine rings is 1. The topological polar surface area (TPSA) is 68.5 Å². The lowest BCUT2D eigenvalue weighted by Gasteiger charge is -2.42. The van der Waals surface area contributed by atoms with Crippen molar-refractivity contribution in [3.05, 3.63) is 60.2 Å². The van der Waals surface area contributed by atoms with E-state index in [2.05, 4.69) is 13.8 Å². The smallest absolute Gasteiger partial charge is 0.254 e. The van der Waals surface area contributed by atoms with Gasteiger partial charge in [-0.3, -0.25) is 4.79 Å². The van der Waals surface area contributed by atoms with Gasteiger partial charge in [0.05, 0.1) is 23.9 Å². The summed E-state index contributed by atoms with van der Waals surface area (Å²) in [6, 6.07) is 17.6. The van der Waals surface area contributed by atoms with E-state index in [9.17, 15) is 4.79 Å². The number of hydrogen-bond donors (Lipinski definition) is 1. The number of rotatable bonds is 3. The number of likely N-dealkylation sites (tertiary alicyclic amines) is 1. The number of para-hydroxylation sites is 1. The van der Waals surface area contributed by atoms with Crippen LogP contribution in [0, 0.1) is 5.41 Å². The molecule has 1 aliphatic rings. The maximum Gasteiger partial charge on any atom is 0.254 e. The first-order valence-electron chi connectivity index (χ1n) is 9.98. The molecule has 150 valence electrons. The molecular weight excluding hydrogens is 362 g/mol. The molecule has 1 aliphatic heterocycles. The molecule has 4 rings (SSSR count). The summed E-state index contributed by atoms with van der Waals surface area (Å²) >= 11 is 0. The third-order valence-corrected chi connectivity index (χ3v) is 5.93. The second-order valence-electron chi connectivity index (χ2n) is 8.41. The number of aromatic nitrogens is 1. The van der Waals surface area contributed by atoms with Gasteiger partial charge in [-0.25, -0.2) is 4.98 Å². The first-order valence-corrected chi connectivity index (χ1v) is 9.98. The van der Waals surface area contributed by atoms with Crippen LogP contribution in [0.2, 0.25) is 0 Å². The Kier molecular flexibility index (Phi) is 5.01. The van der Waals surface area contributed by atoms with Gasteiger partial charge in [-0.2, -0.15) is 0 Å². The van der Waals surface area contributed by atoms with Gasteiger partial charge in [0, 0.05) is 30.1 Å². The third-order valence-electron chi connectivity index (χ3n) is 5.93. The minimum atomic E-state index is -0.102. The van der Waals surface area contributed by atoms with Crippen molar-refractivity contribution >= 4 is 16.8 Å². The Morgan fingerprint density at radius 2 is 1.90 bits per heavy atom. The SMILES string of the molecule is COc1ccc(-c2cc(C(=O)N3CCC(N)C(C)(C)C3)c3ccccc3n2)cc1. The lowest BCUT2D eigenvalue weighted by molar-refractivity contribution is 0.0535. The highest BCUT2D eigenvalue weighted by atomic mass is 16.5. The molecule has 1 unspecified atom stereocenters. The molecule has 1 fully saturated rings. The summed E-state index contributed by atoms with van der Waals surface area (Å²) in [5.74, 6) is 0.830. The maximum atomic E-state index is 13.5. The Bertz CT molecular complexity index is 1040. The quantitative estimate of drug-likeness (QED) is 0.732. The van der Waals surface area contributed by atoms with Crippen LogP contribution in [0.1, 0.15) is 30.6 Å². The van der Waals surface area contributed by atoms with Gasteiger partial charge in [0.2, 0.25) is 0 Å². The second kappa shape index (κ2) is 7.48. The summed E-state index contributed by atoms with van der Waals surface area (Å²) in [5.41, 5.74) is 9.40. The fourth-order valence-corrected chi connectivity index (χ4v) is 3.98. The Morgan fingerprint density at radius 1 is 1.17 bits per heavy atom. The minimum absolute atomic E-state index is 0.0401. The van der Waals surface area contributed by atoms with Crippen LogP contribution in [0.15, 0.2) is 54.6 Å². The molecule has 0 spiro atoms. The monoisotopic (exact) mass is 389 g/mol. The summed E-state index contributed by atoms with van der Waals surface area (Å²) in [6.45, 7) is 5.59. The molecule has 1 amide bonds. The Balaban J connectivity index is 1.77. The van der Waals surface area contributed by atoms with Crippen LogP contribution in [0.4, 0.5) is 0 Å². The van der Waals surface area contributed by atoms with E-state index in [1.807, 2.05) is 59.5 Å². The average Bonchev–Trinajstić information content (AvgIpc) is 2.74. The van der Waals surface area contributed by atoms with E-state index in [1.165, 1.54) is 0 Å². The number of carbonyl (C=O) groups is 1. The van der Waals surface area contributed by atoms with Crippen molar-refractivity contribution in [1.82, 2.24) is 9.88 Å². The minimum Gasteiger partial charge on any atom is -0.497 e. The van der Waals surface area contributed by atoms with Crippen LogP contribution >= 0.6 is 0 Å². The predicted molar refractivity (Wildman–Crippen MR) is 116 cm³/mol. The number of methoxy groups -OCH3 is 1. The number of ether oxygens (including phenoxy) is 1. The van der Waals surface area contributed by atoms with Crippen molar-refractivity contribution in [2.24, 2.45) is 11.1 Å². The number of nitrogens with zero attached hydrogens (tertiary/aromatic N) is 2. The largest absolute Gasteiger partial charge is 0.497 e. The zero-order valence-corrected chi connectivity index (χ0v) is 17.2. The summed E-state index contributed by atoms with van der Waals surface area (Å²) < 4.78 is 5.25. The number of carbonyl (C=O) groups excluding carboxylic acids is 1. The number of fused-ring (bicyclic) bond motifs is 1. The molecule has 2 N–H and O–H groups in total. The molecule has 1 atom stereocenters. The number of nitrogens with two attached hydrogens (primary N) is 1. The molecule has 5 heteroatoms. The van der Waals surface area contributed by atoms with E-state index in [-0.39, 0.29) is 17.4 Å². The van der Waals surface area contributed by atoms with Crippen LogP contribution in [0.25, 0.3) is 22.2 Å². The van der Waals surface area contributed by atoms with E-state index in [4.69, 9.17) is 15.5 Å². The van der Waals surface area contributed by atoms with Gasteiger partial charge in [-0.1, -0.05) is 32.0 Å². The molecular formula is C24H27N3O2. The zero-order chi connectivity index (χ0) is 20.6. The Morgan fingerprint density at radius 3 is 2.59 bits per heavy atom. The van der Waals surface area contributed by atoms with Crippen molar-refractivity contribution in [1.29, 1.82) is 0 Å². The van der Waals surface area contributed by atoms with Gasteiger partial charge in [0.1, 0.15) is 5.75 Å². The molecule has 3 aromatic rings. The van der Waals surface area contributed by atoms with Crippen molar-refractivity contribution in [2.45, 2.75) is 26.3 Å². The van der Waals surface area contributed by atoms with E-state index in [0.717, 1.165) is 34.3 Å².